The second-order valence-corrected chi connectivity index (χ2v) is 8.12. The molecule has 2 aromatic carbocycles. The third-order valence-corrected chi connectivity index (χ3v) is 4.81. The highest BCUT2D eigenvalue weighted by atomic mass is 16.6. The van der Waals surface area contributed by atoms with Crippen molar-refractivity contribution in [2.75, 3.05) is 7.11 Å². The third-order valence-electron chi connectivity index (χ3n) is 4.81. The van der Waals surface area contributed by atoms with E-state index in [9.17, 15) is 14.7 Å². The Morgan fingerprint density at radius 1 is 1.00 bits per heavy atom. The molecule has 0 spiro atoms. The van der Waals surface area contributed by atoms with Crippen LogP contribution in [-0.2, 0) is 4.74 Å². The number of carbonyl (C=O) groups is 2. The molecule has 0 bridgehead atoms. The number of fused-ring (bicyclic) bond motifs is 3. The van der Waals surface area contributed by atoms with Gasteiger partial charge in [0.15, 0.2) is 0 Å². The van der Waals surface area contributed by atoms with E-state index in [1.165, 1.54) is 10.6 Å². The number of hydrogen-bond donors (Lipinski definition) is 1. The molecule has 0 amide bonds. The number of aromatic nitrogens is 2. The van der Waals surface area contributed by atoms with Crippen LogP contribution in [0, 0.1) is 0 Å². The average Bonchev–Trinajstić information content (AvgIpc) is 3.06. The lowest BCUT2D eigenvalue weighted by Gasteiger charge is -2.20. The van der Waals surface area contributed by atoms with E-state index in [4.69, 9.17) is 9.47 Å². The SMILES string of the molecule is COc1ccc(-c2nc(C(=O)O)cc3c4ccccc4n(C(=O)OC(C)(C)C)c23)cc1. The molecule has 0 aliphatic rings. The van der Waals surface area contributed by atoms with Crippen LogP contribution >= 0.6 is 0 Å². The van der Waals surface area contributed by atoms with Gasteiger partial charge in [0, 0.05) is 16.3 Å². The van der Waals surface area contributed by atoms with Crippen molar-refractivity contribution in [2.45, 2.75) is 26.4 Å². The number of rotatable bonds is 3. The predicted octanol–water partition coefficient (Wildman–Crippen LogP) is 5.35. The second kappa shape index (κ2) is 7.43. The van der Waals surface area contributed by atoms with Crippen LogP contribution < -0.4 is 4.74 Å². The normalized spacial score (nSPS) is 11.6. The number of carboxylic acids is 1. The van der Waals surface area contributed by atoms with Crippen LogP contribution in [0.25, 0.3) is 33.1 Å². The molecule has 0 unspecified atom stereocenters. The van der Waals surface area contributed by atoms with Crippen molar-refractivity contribution in [3.05, 3.63) is 60.3 Å². The van der Waals surface area contributed by atoms with Crippen molar-refractivity contribution in [2.24, 2.45) is 0 Å². The van der Waals surface area contributed by atoms with E-state index >= 15 is 0 Å². The molecule has 31 heavy (non-hydrogen) atoms. The Morgan fingerprint density at radius 3 is 2.29 bits per heavy atom. The quantitative estimate of drug-likeness (QED) is 0.482. The van der Waals surface area contributed by atoms with Crippen molar-refractivity contribution in [3.8, 4) is 17.0 Å². The maximum atomic E-state index is 13.2. The number of para-hydroxylation sites is 1. The molecule has 7 heteroatoms. The van der Waals surface area contributed by atoms with Crippen molar-refractivity contribution < 1.29 is 24.2 Å². The van der Waals surface area contributed by atoms with Gasteiger partial charge in [0.05, 0.1) is 23.8 Å². The zero-order chi connectivity index (χ0) is 22.3. The number of benzene rings is 2. The van der Waals surface area contributed by atoms with Gasteiger partial charge in [0.1, 0.15) is 17.0 Å². The Kier molecular flexibility index (Phi) is 4.89. The van der Waals surface area contributed by atoms with Crippen LogP contribution in [0.5, 0.6) is 5.75 Å². The Bertz CT molecular complexity index is 1310. The van der Waals surface area contributed by atoms with E-state index in [1.54, 1.807) is 58.2 Å². The molecular formula is C24H22N2O5. The molecule has 7 nitrogen and oxygen atoms in total. The summed E-state index contributed by atoms with van der Waals surface area (Å²) in [4.78, 5) is 29.4. The van der Waals surface area contributed by atoms with E-state index in [2.05, 4.69) is 4.98 Å². The van der Waals surface area contributed by atoms with E-state index in [0.717, 1.165) is 5.39 Å². The minimum absolute atomic E-state index is 0.106. The first-order chi connectivity index (χ1) is 14.7. The largest absolute Gasteiger partial charge is 0.497 e. The van der Waals surface area contributed by atoms with Crippen molar-refractivity contribution in [1.29, 1.82) is 0 Å². The van der Waals surface area contributed by atoms with Gasteiger partial charge in [-0.3, -0.25) is 0 Å². The lowest BCUT2D eigenvalue weighted by Crippen LogP contribution is -2.27. The number of aromatic carboxylic acids is 1. The number of ether oxygens (including phenoxy) is 2. The van der Waals surface area contributed by atoms with Gasteiger partial charge in [0.25, 0.3) is 0 Å². The minimum Gasteiger partial charge on any atom is -0.497 e. The van der Waals surface area contributed by atoms with Crippen molar-refractivity contribution in [3.63, 3.8) is 0 Å². The Labute approximate surface area is 178 Å². The summed E-state index contributed by atoms with van der Waals surface area (Å²) in [7, 11) is 1.57. The molecule has 0 atom stereocenters. The van der Waals surface area contributed by atoms with E-state index in [0.29, 0.717) is 33.4 Å². The molecule has 2 heterocycles. The summed E-state index contributed by atoms with van der Waals surface area (Å²) in [5.41, 5.74) is 1.33. The van der Waals surface area contributed by atoms with E-state index < -0.39 is 17.7 Å². The monoisotopic (exact) mass is 418 g/mol. The van der Waals surface area contributed by atoms with Crippen LogP contribution in [0.4, 0.5) is 4.79 Å². The van der Waals surface area contributed by atoms with E-state index in [-0.39, 0.29) is 5.69 Å². The molecule has 0 saturated carbocycles. The summed E-state index contributed by atoms with van der Waals surface area (Å²) in [6.07, 6.45) is -0.557. The van der Waals surface area contributed by atoms with Crippen LogP contribution in [0.1, 0.15) is 31.3 Å². The topological polar surface area (TPSA) is 90.6 Å². The highest BCUT2D eigenvalue weighted by Crippen LogP contribution is 2.36. The first-order valence-corrected chi connectivity index (χ1v) is 9.75. The third kappa shape index (κ3) is 3.70. The smallest absolute Gasteiger partial charge is 0.419 e. The second-order valence-electron chi connectivity index (χ2n) is 8.12. The summed E-state index contributed by atoms with van der Waals surface area (Å²) in [6.45, 7) is 5.39. The number of carbonyl (C=O) groups excluding carboxylic acids is 1. The summed E-state index contributed by atoms with van der Waals surface area (Å²) < 4.78 is 12.4. The standard InChI is InChI=1S/C24H22N2O5/c1-24(2,3)31-23(29)26-19-8-6-5-7-16(19)17-13-18(22(27)28)25-20(21(17)26)14-9-11-15(30-4)12-10-14/h5-13H,1-4H3,(H,27,28). The molecule has 4 rings (SSSR count). The van der Waals surface area contributed by atoms with Crippen LogP contribution in [-0.4, -0.2) is 39.4 Å². The number of methoxy groups -OCH3 is 1. The fourth-order valence-corrected chi connectivity index (χ4v) is 3.54. The molecule has 1 N–H and O–H groups in total. The number of nitrogens with zero attached hydrogens (tertiary/aromatic N) is 2. The lowest BCUT2D eigenvalue weighted by molar-refractivity contribution is 0.0551. The number of carboxylic acid groups (broad SMARTS) is 1. The molecule has 2 aromatic heterocycles. The maximum Gasteiger partial charge on any atom is 0.419 e. The molecule has 0 saturated heterocycles. The lowest BCUT2D eigenvalue weighted by atomic mass is 10.1. The Morgan fingerprint density at radius 2 is 1.68 bits per heavy atom. The van der Waals surface area contributed by atoms with Gasteiger partial charge >= 0.3 is 12.1 Å². The Balaban J connectivity index is 2.12. The van der Waals surface area contributed by atoms with Gasteiger partial charge < -0.3 is 14.6 Å². The molecule has 0 aliphatic heterocycles. The van der Waals surface area contributed by atoms with Crippen LogP contribution in [0.3, 0.4) is 0 Å². The van der Waals surface area contributed by atoms with Crippen molar-refractivity contribution >= 4 is 33.9 Å². The zero-order valence-electron chi connectivity index (χ0n) is 17.7. The van der Waals surface area contributed by atoms with Gasteiger partial charge in [-0.2, -0.15) is 0 Å². The fraction of sp³-hybridized carbons (Fsp3) is 0.208. The summed E-state index contributed by atoms with van der Waals surface area (Å²) in [5.74, 6) is -0.493. The van der Waals surface area contributed by atoms with Gasteiger partial charge in [-0.05, 0) is 57.2 Å². The van der Waals surface area contributed by atoms with Crippen molar-refractivity contribution in [1.82, 2.24) is 9.55 Å². The molecule has 158 valence electrons. The molecule has 4 aromatic rings. The molecule has 0 fully saturated rings. The number of hydrogen-bond acceptors (Lipinski definition) is 5. The average molecular weight is 418 g/mol. The first kappa shape index (κ1) is 20.4. The van der Waals surface area contributed by atoms with Gasteiger partial charge in [0.2, 0.25) is 0 Å². The fourth-order valence-electron chi connectivity index (χ4n) is 3.54. The molecule has 0 radical (unpaired) electrons. The van der Waals surface area contributed by atoms with E-state index in [1.807, 2.05) is 18.2 Å². The highest BCUT2D eigenvalue weighted by Gasteiger charge is 2.26. The van der Waals surface area contributed by atoms with Gasteiger partial charge in [-0.15, -0.1) is 0 Å². The minimum atomic E-state index is -1.15. The van der Waals surface area contributed by atoms with Crippen LogP contribution in [0.2, 0.25) is 0 Å². The van der Waals surface area contributed by atoms with Crippen LogP contribution in [0.15, 0.2) is 54.6 Å². The number of pyridine rings is 1. The summed E-state index contributed by atoms with van der Waals surface area (Å²) in [5, 5.41) is 11.0. The maximum absolute atomic E-state index is 13.2. The predicted molar refractivity (Wildman–Crippen MR) is 118 cm³/mol. The zero-order valence-corrected chi connectivity index (χ0v) is 17.7. The first-order valence-electron chi connectivity index (χ1n) is 9.75. The molecular weight excluding hydrogens is 396 g/mol. The molecule has 0 aliphatic carbocycles. The Hall–Kier alpha value is -3.87. The highest BCUT2D eigenvalue weighted by molar-refractivity contribution is 6.17. The summed E-state index contributed by atoms with van der Waals surface area (Å²) >= 11 is 0. The summed E-state index contributed by atoms with van der Waals surface area (Å²) in [6, 6.07) is 15.9. The van der Waals surface area contributed by atoms with Gasteiger partial charge in [-0.25, -0.2) is 19.1 Å². The van der Waals surface area contributed by atoms with Gasteiger partial charge in [-0.1, -0.05) is 18.2 Å².